The van der Waals surface area contributed by atoms with Crippen molar-refractivity contribution in [1.29, 1.82) is 0 Å². The van der Waals surface area contributed by atoms with E-state index >= 15 is 0 Å². The van der Waals surface area contributed by atoms with Crippen LogP contribution in [0.2, 0.25) is 0 Å². The molecule has 1 rings (SSSR count). The van der Waals surface area contributed by atoms with Crippen LogP contribution in [0.5, 0.6) is 0 Å². The first kappa shape index (κ1) is 14.0. The van der Waals surface area contributed by atoms with Crippen molar-refractivity contribution < 1.29 is 14.7 Å². The zero-order valence-corrected chi connectivity index (χ0v) is 10.8. The minimum atomic E-state index is -0.954. The van der Waals surface area contributed by atoms with E-state index in [1.807, 2.05) is 20.8 Å². The number of carbonyl (C=O) groups excluding carboxylic acids is 1. The van der Waals surface area contributed by atoms with Gasteiger partial charge in [-0.3, -0.25) is 9.59 Å². The van der Waals surface area contributed by atoms with Gasteiger partial charge in [-0.15, -0.1) is 0 Å². The topological polar surface area (TPSA) is 69.6 Å². The van der Waals surface area contributed by atoms with Crippen molar-refractivity contribution in [3.63, 3.8) is 0 Å². The summed E-state index contributed by atoms with van der Waals surface area (Å²) in [6.07, 6.45) is 0.791. The van der Waals surface area contributed by atoms with E-state index < -0.39 is 11.4 Å². The van der Waals surface area contributed by atoms with Crippen molar-refractivity contribution in [2.75, 3.05) is 26.2 Å². The van der Waals surface area contributed by atoms with Gasteiger partial charge < -0.3 is 15.3 Å². The maximum atomic E-state index is 12.5. The molecule has 1 aliphatic rings. The van der Waals surface area contributed by atoms with Crippen molar-refractivity contribution in [3.8, 4) is 0 Å². The number of carboxylic acid groups (broad SMARTS) is 1. The summed E-state index contributed by atoms with van der Waals surface area (Å²) in [6, 6.07) is 0. The lowest BCUT2D eigenvalue weighted by Crippen LogP contribution is -2.49. The highest BCUT2D eigenvalue weighted by Gasteiger charge is 2.45. The number of hydrogen-bond acceptors (Lipinski definition) is 3. The second-order valence-electron chi connectivity index (χ2n) is 4.95. The van der Waals surface area contributed by atoms with Crippen LogP contribution >= 0.6 is 0 Å². The highest BCUT2D eigenvalue weighted by molar-refractivity contribution is 5.86. The third-order valence-electron chi connectivity index (χ3n) is 3.71. The fourth-order valence-corrected chi connectivity index (χ4v) is 2.44. The lowest BCUT2D eigenvalue weighted by molar-refractivity contribution is -0.150. The molecule has 1 unspecified atom stereocenters. The summed E-state index contributed by atoms with van der Waals surface area (Å²) < 4.78 is 0. The Morgan fingerprint density at radius 1 is 1.47 bits per heavy atom. The molecular weight excluding hydrogens is 220 g/mol. The Hall–Kier alpha value is -1.10. The normalized spacial score (nSPS) is 24.0. The predicted molar refractivity (Wildman–Crippen MR) is 64.6 cm³/mol. The van der Waals surface area contributed by atoms with Crippen LogP contribution in [0.15, 0.2) is 0 Å². The van der Waals surface area contributed by atoms with Gasteiger partial charge in [0.05, 0.1) is 5.41 Å². The van der Waals surface area contributed by atoms with E-state index in [0.29, 0.717) is 13.1 Å². The van der Waals surface area contributed by atoms with Crippen molar-refractivity contribution in [2.45, 2.75) is 27.2 Å². The lowest BCUT2D eigenvalue weighted by Gasteiger charge is -2.35. The van der Waals surface area contributed by atoms with Gasteiger partial charge in [0.2, 0.25) is 5.91 Å². The van der Waals surface area contributed by atoms with Crippen LogP contribution in [-0.2, 0) is 9.59 Å². The molecular formula is C12H22N2O3. The molecule has 0 aromatic rings. The number of nitrogens with zero attached hydrogens (tertiary/aromatic N) is 1. The number of likely N-dealkylation sites (N-methyl/N-ethyl adjacent to an activating group) is 1. The largest absolute Gasteiger partial charge is 0.480 e. The fraction of sp³-hybridized carbons (Fsp3) is 0.833. The minimum absolute atomic E-state index is 0.0256. The van der Waals surface area contributed by atoms with Gasteiger partial charge >= 0.3 is 5.97 Å². The monoisotopic (exact) mass is 242 g/mol. The van der Waals surface area contributed by atoms with E-state index in [1.165, 1.54) is 4.90 Å². The first-order chi connectivity index (χ1) is 7.94. The van der Waals surface area contributed by atoms with Crippen LogP contribution in [0.25, 0.3) is 0 Å². The molecule has 0 radical (unpaired) electrons. The molecule has 5 nitrogen and oxygen atoms in total. The summed E-state index contributed by atoms with van der Waals surface area (Å²) in [5.41, 5.74) is -0.425. The molecule has 2 N–H and O–H groups in total. The second-order valence-corrected chi connectivity index (χ2v) is 4.95. The predicted octanol–water partition coefficient (Wildman–Crippen LogP) is 0.555. The SMILES string of the molecule is CCN(CC(=O)O)C(=O)C1(C(C)C)CCNC1. The van der Waals surface area contributed by atoms with Crippen LogP contribution in [0.3, 0.4) is 0 Å². The Bertz CT molecular complexity index is 296. The minimum Gasteiger partial charge on any atom is -0.480 e. The maximum Gasteiger partial charge on any atom is 0.323 e. The summed E-state index contributed by atoms with van der Waals surface area (Å²) in [5, 5.41) is 12.0. The van der Waals surface area contributed by atoms with E-state index in [0.717, 1.165) is 13.0 Å². The second kappa shape index (κ2) is 5.49. The number of carboxylic acids is 1. The summed E-state index contributed by atoms with van der Waals surface area (Å²) in [6.45, 7) is 7.59. The van der Waals surface area contributed by atoms with Crippen LogP contribution < -0.4 is 5.32 Å². The Kier molecular flexibility index (Phi) is 4.51. The molecule has 0 aromatic heterocycles. The quantitative estimate of drug-likeness (QED) is 0.739. The Balaban J connectivity index is 2.87. The van der Waals surface area contributed by atoms with Gasteiger partial charge in [-0.2, -0.15) is 0 Å². The van der Waals surface area contributed by atoms with Gasteiger partial charge in [0.15, 0.2) is 0 Å². The third-order valence-corrected chi connectivity index (χ3v) is 3.71. The van der Waals surface area contributed by atoms with Gasteiger partial charge in [0, 0.05) is 13.1 Å². The maximum absolute atomic E-state index is 12.5. The number of amides is 1. The Labute approximate surface area is 102 Å². The molecule has 1 aliphatic heterocycles. The molecule has 5 heteroatoms. The van der Waals surface area contributed by atoms with E-state index in [2.05, 4.69) is 5.32 Å². The van der Waals surface area contributed by atoms with Crippen LogP contribution in [-0.4, -0.2) is 48.1 Å². The molecule has 0 aromatic carbocycles. The van der Waals surface area contributed by atoms with E-state index in [1.54, 1.807) is 0 Å². The first-order valence-corrected chi connectivity index (χ1v) is 6.16. The van der Waals surface area contributed by atoms with E-state index in [-0.39, 0.29) is 18.4 Å². The van der Waals surface area contributed by atoms with Crippen molar-refractivity contribution >= 4 is 11.9 Å². The highest BCUT2D eigenvalue weighted by Crippen LogP contribution is 2.36. The third kappa shape index (κ3) is 2.77. The number of nitrogens with one attached hydrogen (secondary N) is 1. The molecule has 0 saturated carbocycles. The Morgan fingerprint density at radius 3 is 2.47 bits per heavy atom. The molecule has 1 heterocycles. The van der Waals surface area contributed by atoms with E-state index in [4.69, 9.17) is 5.11 Å². The standard InChI is InChI=1S/C12H22N2O3/c1-4-14(7-10(15)16)11(17)12(9(2)3)5-6-13-8-12/h9,13H,4-8H2,1-3H3,(H,15,16). The lowest BCUT2D eigenvalue weighted by atomic mass is 9.75. The van der Waals surface area contributed by atoms with Crippen LogP contribution in [0, 0.1) is 11.3 Å². The molecule has 98 valence electrons. The van der Waals surface area contributed by atoms with Crippen molar-refractivity contribution in [1.82, 2.24) is 10.2 Å². The molecule has 0 bridgehead atoms. The summed E-state index contributed by atoms with van der Waals surface area (Å²) in [4.78, 5) is 24.7. The average Bonchev–Trinajstić information content (AvgIpc) is 2.74. The molecule has 17 heavy (non-hydrogen) atoms. The van der Waals surface area contributed by atoms with Crippen molar-refractivity contribution in [3.05, 3.63) is 0 Å². The van der Waals surface area contributed by atoms with Gasteiger partial charge in [-0.05, 0) is 25.8 Å². The van der Waals surface area contributed by atoms with E-state index in [9.17, 15) is 9.59 Å². The van der Waals surface area contributed by atoms with Gasteiger partial charge in [0.1, 0.15) is 6.54 Å². The Morgan fingerprint density at radius 2 is 2.12 bits per heavy atom. The fourth-order valence-electron chi connectivity index (χ4n) is 2.44. The van der Waals surface area contributed by atoms with Gasteiger partial charge in [0.25, 0.3) is 0 Å². The summed E-state index contributed by atoms with van der Waals surface area (Å²) in [7, 11) is 0. The van der Waals surface area contributed by atoms with Gasteiger partial charge in [-0.25, -0.2) is 0 Å². The molecule has 1 fully saturated rings. The number of hydrogen-bond donors (Lipinski definition) is 2. The van der Waals surface area contributed by atoms with Crippen molar-refractivity contribution in [2.24, 2.45) is 11.3 Å². The number of carbonyl (C=O) groups is 2. The van der Waals surface area contributed by atoms with Gasteiger partial charge in [-0.1, -0.05) is 13.8 Å². The number of aliphatic carboxylic acids is 1. The highest BCUT2D eigenvalue weighted by atomic mass is 16.4. The zero-order chi connectivity index (χ0) is 13.1. The van der Waals surface area contributed by atoms with Crippen LogP contribution in [0.4, 0.5) is 0 Å². The average molecular weight is 242 g/mol. The molecule has 0 spiro atoms. The number of rotatable bonds is 5. The van der Waals surface area contributed by atoms with Crippen LogP contribution in [0.1, 0.15) is 27.2 Å². The smallest absolute Gasteiger partial charge is 0.323 e. The zero-order valence-electron chi connectivity index (χ0n) is 10.8. The molecule has 1 saturated heterocycles. The molecule has 0 aliphatic carbocycles. The summed E-state index contributed by atoms with van der Waals surface area (Å²) in [5.74, 6) is -0.764. The molecule has 1 amide bonds. The first-order valence-electron chi connectivity index (χ1n) is 6.16. The molecule has 1 atom stereocenters. The summed E-state index contributed by atoms with van der Waals surface area (Å²) >= 11 is 0.